The second-order valence-corrected chi connectivity index (χ2v) is 5.62. The number of pyridine rings is 1. The maximum Gasteiger partial charge on any atom is 0.356 e. The minimum atomic E-state index is -0.439. The molecule has 0 aromatic carbocycles. The van der Waals surface area contributed by atoms with Crippen LogP contribution in [-0.4, -0.2) is 24.6 Å². The molecular weight excluding hydrogens is 242 g/mol. The maximum absolute atomic E-state index is 11.5. The Kier molecular flexibility index (Phi) is 2.84. The molecule has 3 rings (SSSR count). The average molecular weight is 261 g/mol. The highest BCUT2D eigenvalue weighted by molar-refractivity contribution is 5.88. The van der Waals surface area contributed by atoms with Crippen LogP contribution in [0.25, 0.3) is 0 Å². The highest BCUT2D eigenvalue weighted by Gasteiger charge is 2.53. The summed E-state index contributed by atoms with van der Waals surface area (Å²) in [7, 11) is 1.35. The van der Waals surface area contributed by atoms with Gasteiger partial charge in [-0.1, -0.05) is 0 Å². The van der Waals surface area contributed by atoms with Crippen molar-refractivity contribution in [3.8, 4) is 0 Å². The maximum atomic E-state index is 11.5. The smallest absolute Gasteiger partial charge is 0.356 e. The van der Waals surface area contributed by atoms with E-state index in [0.717, 1.165) is 12.5 Å². The van der Waals surface area contributed by atoms with Crippen molar-refractivity contribution < 1.29 is 9.53 Å². The van der Waals surface area contributed by atoms with Crippen LogP contribution in [0.3, 0.4) is 0 Å². The van der Waals surface area contributed by atoms with Crippen LogP contribution in [0.4, 0.5) is 11.5 Å². The highest BCUT2D eigenvalue weighted by Crippen LogP contribution is 2.61. The minimum absolute atomic E-state index is 0.287. The molecule has 0 radical (unpaired) electrons. The molecule has 3 N–H and O–H groups in total. The molecule has 19 heavy (non-hydrogen) atoms. The first-order valence-corrected chi connectivity index (χ1v) is 6.73. The first-order chi connectivity index (χ1) is 9.14. The largest absolute Gasteiger partial charge is 0.464 e. The summed E-state index contributed by atoms with van der Waals surface area (Å²) in [5.74, 6) is 1.03. The van der Waals surface area contributed by atoms with Crippen molar-refractivity contribution >= 4 is 17.5 Å². The Labute approximate surface area is 112 Å². The van der Waals surface area contributed by atoms with Crippen LogP contribution in [0.15, 0.2) is 12.1 Å². The second kappa shape index (κ2) is 4.40. The predicted octanol–water partition coefficient (Wildman–Crippen LogP) is 2.05. The van der Waals surface area contributed by atoms with Crippen LogP contribution < -0.4 is 11.1 Å². The molecule has 102 valence electrons. The van der Waals surface area contributed by atoms with E-state index in [1.165, 1.54) is 32.8 Å². The average Bonchev–Trinajstić information content (AvgIpc) is 3.28. The van der Waals surface area contributed by atoms with E-state index in [1.807, 2.05) is 0 Å². The third-order valence-corrected chi connectivity index (χ3v) is 4.26. The van der Waals surface area contributed by atoms with Crippen LogP contribution in [-0.2, 0) is 4.74 Å². The summed E-state index contributed by atoms with van der Waals surface area (Å²) in [6.07, 6.45) is 5.29. The highest BCUT2D eigenvalue weighted by atomic mass is 16.5. The zero-order chi connectivity index (χ0) is 13.5. The normalized spacial score (nSPS) is 19.8. The standard InChI is InChI=1S/C14H19N3O2/c1-19-13(18)11-5-4-10(15)12(17-11)16-8-14(6-7-14)9-2-3-9/h4-5,9H,2-3,6-8,15H2,1H3,(H,16,17). The van der Waals surface area contributed by atoms with Crippen LogP contribution >= 0.6 is 0 Å². The van der Waals surface area contributed by atoms with Gasteiger partial charge in [-0.3, -0.25) is 0 Å². The van der Waals surface area contributed by atoms with Crippen LogP contribution in [0.1, 0.15) is 36.2 Å². The summed E-state index contributed by atoms with van der Waals surface area (Å²) in [5, 5.41) is 3.31. The fourth-order valence-electron chi connectivity index (χ4n) is 2.68. The number of rotatable bonds is 5. The molecule has 0 aliphatic heterocycles. The Bertz CT molecular complexity index is 507. The minimum Gasteiger partial charge on any atom is -0.464 e. The number of anilines is 2. The quantitative estimate of drug-likeness (QED) is 0.793. The Hall–Kier alpha value is -1.78. The number of nitrogens with two attached hydrogens (primary N) is 1. The predicted molar refractivity (Wildman–Crippen MR) is 72.9 cm³/mol. The van der Waals surface area contributed by atoms with Gasteiger partial charge in [-0.25, -0.2) is 9.78 Å². The molecular formula is C14H19N3O2. The number of aromatic nitrogens is 1. The number of hydrogen-bond donors (Lipinski definition) is 2. The monoisotopic (exact) mass is 261 g/mol. The first-order valence-electron chi connectivity index (χ1n) is 6.73. The fourth-order valence-corrected chi connectivity index (χ4v) is 2.68. The zero-order valence-electron chi connectivity index (χ0n) is 11.1. The van der Waals surface area contributed by atoms with Crippen molar-refractivity contribution in [2.24, 2.45) is 11.3 Å². The van der Waals surface area contributed by atoms with E-state index in [-0.39, 0.29) is 5.69 Å². The first kappa shape index (κ1) is 12.3. The van der Waals surface area contributed by atoms with Crippen molar-refractivity contribution in [3.63, 3.8) is 0 Å². The van der Waals surface area contributed by atoms with Gasteiger partial charge in [-0.15, -0.1) is 0 Å². The number of esters is 1. The molecule has 0 saturated heterocycles. The van der Waals surface area contributed by atoms with Gasteiger partial charge < -0.3 is 15.8 Å². The molecule has 0 spiro atoms. The zero-order valence-corrected chi connectivity index (χ0v) is 11.1. The van der Waals surface area contributed by atoms with Gasteiger partial charge >= 0.3 is 5.97 Å². The molecule has 1 aromatic rings. The summed E-state index contributed by atoms with van der Waals surface area (Å²) >= 11 is 0. The van der Waals surface area contributed by atoms with Crippen molar-refractivity contribution in [3.05, 3.63) is 17.8 Å². The number of carbonyl (C=O) groups is 1. The molecule has 0 amide bonds. The second-order valence-electron chi connectivity index (χ2n) is 5.62. The number of methoxy groups -OCH3 is 1. The van der Waals surface area contributed by atoms with E-state index in [1.54, 1.807) is 12.1 Å². The van der Waals surface area contributed by atoms with Crippen LogP contribution in [0, 0.1) is 11.3 Å². The number of ether oxygens (including phenoxy) is 1. The van der Waals surface area contributed by atoms with Gasteiger partial charge in [0, 0.05) is 6.54 Å². The van der Waals surface area contributed by atoms with Crippen molar-refractivity contribution in [2.45, 2.75) is 25.7 Å². The summed E-state index contributed by atoms with van der Waals surface area (Å²) in [6, 6.07) is 3.28. The Morgan fingerprint density at radius 1 is 1.53 bits per heavy atom. The Balaban J connectivity index is 1.71. The Morgan fingerprint density at radius 3 is 2.84 bits per heavy atom. The number of nitrogen functional groups attached to an aromatic ring is 1. The Morgan fingerprint density at radius 2 is 2.26 bits per heavy atom. The molecule has 0 atom stereocenters. The molecule has 5 nitrogen and oxygen atoms in total. The molecule has 0 unspecified atom stereocenters. The van der Waals surface area contributed by atoms with Gasteiger partial charge in [0.1, 0.15) is 5.82 Å². The van der Waals surface area contributed by atoms with Crippen LogP contribution in [0.5, 0.6) is 0 Å². The number of nitrogens with zero attached hydrogens (tertiary/aromatic N) is 1. The third-order valence-electron chi connectivity index (χ3n) is 4.26. The molecule has 0 bridgehead atoms. The third kappa shape index (κ3) is 2.37. The van der Waals surface area contributed by atoms with Gasteiger partial charge in [0.2, 0.25) is 0 Å². The molecule has 1 aromatic heterocycles. The van der Waals surface area contributed by atoms with E-state index in [0.29, 0.717) is 16.9 Å². The van der Waals surface area contributed by atoms with Gasteiger partial charge in [0.25, 0.3) is 0 Å². The topological polar surface area (TPSA) is 77.2 Å². The lowest BCUT2D eigenvalue weighted by atomic mass is 10.0. The van der Waals surface area contributed by atoms with E-state index in [4.69, 9.17) is 5.73 Å². The lowest BCUT2D eigenvalue weighted by Crippen LogP contribution is -2.19. The number of nitrogens with one attached hydrogen (secondary N) is 1. The van der Waals surface area contributed by atoms with E-state index in [2.05, 4.69) is 15.0 Å². The van der Waals surface area contributed by atoms with Gasteiger partial charge in [0.05, 0.1) is 12.8 Å². The molecule has 5 heteroatoms. The summed E-state index contributed by atoms with van der Waals surface area (Å²) in [6.45, 7) is 0.902. The fraction of sp³-hybridized carbons (Fsp3) is 0.571. The van der Waals surface area contributed by atoms with Crippen molar-refractivity contribution in [2.75, 3.05) is 24.7 Å². The number of hydrogen-bond acceptors (Lipinski definition) is 5. The molecule has 2 aliphatic carbocycles. The lowest BCUT2D eigenvalue weighted by molar-refractivity contribution is 0.0594. The van der Waals surface area contributed by atoms with E-state index >= 15 is 0 Å². The van der Waals surface area contributed by atoms with Crippen LogP contribution in [0.2, 0.25) is 0 Å². The summed E-state index contributed by atoms with van der Waals surface area (Å²) in [5.41, 5.74) is 7.22. The lowest BCUT2D eigenvalue weighted by Gasteiger charge is -2.16. The molecule has 2 saturated carbocycles. The van der Waals surface area contributed by atoms with Gasteiger partial charge in [-0.05, 0) is 49.1 Å². The van der Waals surface area contributed by atoms with Crippen molar-refractivity contribution in [1.82, 2.24) is 4.98 Å². The number of carbonyl (C=O) groups excluding carboxylic acids is 1. The van der Waals surface area contributed by atoms with Gasteiger partial charge in [-0.2, -0.15) is 0 Å². The summed E-state index contributed by atoms with van der Waals surface area (Å²) < 4.78 is 4.67. The molecule has 2 aliphatic rings. The van der Waals surface area contributed by atoms with E-state index < -0.39 is 5.97 Å². The van der Waals surface area contributed by atoms with Gasteiger partial charge in [0.15, 0.2) is 5.69 Å². The van der Waals surface area contributed by atoms with E-state index in [9.17, 15) is 4.79 Å². The molecule has 1 heterocycles. The molecule has 2 fully saturated rings. The van der Waals surface area contributed by atoms with Crippen molar-refractivity contribution in [1.29, 1.82) is 0 Å². The SMILES string of the molecule is COC(=O)c1ccc(N)c(NCC2(C3CC3)CC2)n1. The summed E-state index contributed by atoms with van der Waals surface area (Å²) in [4.78, 5) is 15.7.